The van der Waals surface area contributed by atoms with Crippen molar-refractivity contribution in [2.45, 2.75) is 19.4 Å². The first-order chi connectivity index (χ1) is 7.06. The van der Waals surface area contributed by atoms with Gasteiger partial charge in [0.25, 0.3) is 0 Å². The normalized spacial score (nSPS) is 11.9. The smallest absolute Gasteiger partial charge is 0.148 e. The number of halogens is 1. The topological polar surface area (TPSA) is 53.0 Å². The Bertz CT molecular complexity index is 384. The molecule has 15 heavy (non-hydrogen) atoms. The molecular weight excluding hydrogens is 193 g/mol. The van der Waals surface area contributed by atoms with Crippen LogP contribution in [0.25, 0.3) is 0 Å². The predicted molar refractivity (Wildman–Crippen MR) is 58.9 cm³/mol. The van der Waals surface area contributed by atoms with Crippen LogP contribution in [-0.4, -0.2) is 13.1 Å². The molecule has 0 saturated carbocycles. The maximum Gasteiger partial charge on any atom is 0.148 e. The van der Waals surface area contributed by atoms with Crippen LogP contribution in [0.15, 0.2) is 18.2 Å². The van der Waals surface area contributed by atoms with Gasteiger partial charge in [0.15, 0.2) is 0 Å². The molecule has 0 aromatic heterocycles. The van der Waals surface area contributed by atoms with E-state index in [1.54, 1.807) is 24.1 Å². The summed E-state index contributed by atoms with van der Waals surface area (Å²) in [4.78, 5) is 1.73. The second kappa shape index (κ2) is 4.65. The fraction of sp³-hybridized carbons (Fsp3) is 0.364. The summed E-state index contributed by atoms with van der Waals surface area (Å²) >= 11 is 0. The zero-order chi connectivity index (χ0) is 11.4. The molecule has 0 heterocycles. The van der Waals surface area contributed by atoms with E-state index >= 15 is 0 Å². The molecule has 0 aliphatic rings. The van der Waals surface area contributed by atoms with E-state index in [2.05, 4.69) is 6.07 Å². The van der Waals surface area contributed by atoms with Crippen LogP contribution < -0.4 is 10.6 Å². The van der Waals surface area contributed by atoms with E-state index in [4.69, 9.17) is 11.0 Å². The van der Waals surface area contributed by atoms with Gasteiger partial charge in [-0.3, -0.25) is 0 Å². The van der Waals surface area contributed by atoms with Crippen LogP contribution in [0, 0.1) is 17.1 Å². The molecular formula is C11H14FN3. The van der Waals surface area contributed by atoms with Gasteiger partial charge in [-0.1, -0.05) is 0 Å². The number of nitrogens with two attached hydrogens (primary N) is 1. The van der Waals surface area contributed by atoms with Crippen molar-refractivity contribution in [3.05, 3.63) is 24.0 Å². The highest BCUT2D eigenvalue weighted by Gasteiger charge is 2.13. The average Bonchev–Trinajstić information content (AvgIpc) is 2.17. The number of hydrogen-bond donors (Lipinski definition) is 1. The van der Waals surface area contributed by atoms with Crippen LogP contribution in [0.4, 0.5) is 15.8 Å². The van der Waals surface area contributed by atoms with Crippen LogP contribution >= 0.6 is 0 Å². The minimum Gasteiger partial charge on any atom is -0.399 e. The Morgan fingerprint density at radius 1 is 1.60 bits per heavy atom. The Morgan fingerprint density at radius 3 is 2.80 bits per heavy atom. The van der Waals surface area contributed by atoms with Crippen LogP contribution in [0.2, 0.25) is 0 Å². The average molecular weight is 207 g/mol. The third kappa shape index (κ3) is 2.59. The van der Waals surface area contributed by atoms with Crippen molar-refractivity contribution in [2.24, 2.45) is 0 Å². The maximum absolute atomic E-state index is 13.5. The van der Waals surface area contributed by atoms with Gasteiger partial charge in [0, 0.05) is 18.8 Å². The molecule has 1 aromatic carbocycles. The van der Waals surface area contributed by atoms with Gasteiger partial charge in [0.05, 0.1) is 18.2 Å². The molecule has 80 valence electrons. The Morgan fingerprint density at radius 2 is 2.27 bits per heavy atom. The van der Waals surface area contributed by atoms with Crippen molar-refractivity contribution >= 4 is 11.4 Å². The molecule has 1 rings (SSSR count). The number of nitriles is 1. The van der Waals surface area contributed by atoms with Crippen molar-refractivity contribution in [3.8, 4) is 6.07 Å². The predicted octanol–water partition coefficient (Wildman–Crippen LogP) is 2.15. The van der Waals surface area contributed by atoms with Gasteiger partial charge in [-0.15, -0.1) is 0 Å². The van der Waals surface area contributed by atoms with Gasteiger partial charge in [-0.25, -0.2) is 4.39 Å². The van der Waals surface area contributed by atoms with Gasteiger partial charge in [0.2, 0.25) is 0 Å². The van der Waals surface area contributed by atoms with E-state index in [0.29, 0.717) is 17.8 Å². The van der Waals surface area contributed by atoms with E-state index in [1.165, 1.54) is 6.07 Å². The Kier molecular flexibility index (Phi) is 3.51. The number of rotatable bonds is 3. The van der Waals surface area contributed by atoms with Crippen LogP contribution in [0.3, 0.4) is 0 Å². The second-order valence-electron chi connectivity index (χ2n) is 3.53. The van der Waals surface area contributed by atoms with E-state index in [-0.39, 0.29) is 11.9 Å². The van der Waals surface area contributed by atoms with Gasteiger partial charge < -0.3 is 10.6 Å². The van der Waals surface area contributed by atoms with E-state index in [0.717, 1.165) is 0 Å². The third-order valence-corrected chi connectivity index (χ3v) is 2.40. The highest BCUT2D eigenvalue weighted by Crippen LogP contribution is 2.22. The summed E-state index contributed by atoms with van der Waals surface area (Å²) in [5.74, 6) is -0.359. The van der Waals surface area contributed by atoms with Crippen LogP contribution in [-0.2, 0) is 0 Å². The zero-order valence-corrected chi connectivity index (χ0v) is 8.87. The molecule has 1 atom stereocenters. The fourth-order valence-electron chi connectivity index (χ4n) is 1.32. The van der Waals surface area contributed by atoms with Gasteiger partial charge in [-0.05, 0) is 25.1 Å². The monoisotopic (exact) mass is 207 g/mol. The van der Waals surface area contributed by atoms with Crippen LogP contribution in [0.5, 0.6) is 0 Å². The lowest BCUT2D eigenvalue weighted by Gasteiger charge is -2.25. The highest BCUT2D eigenvalue weighted by molar-refractivity contribution is 5.54. The lowest BCUT2D eigenvalue weighted by Crippen LogP contribution is -2.29. The standard InChI is InChI=1S/C11H14FN3/c1-8(5-6-13)15(2)11-4-3-9(14)7-10(11)12/h3-4,7-8H,5,14H2,1-2H3. The summed E-state index contributed by atoms with van der Waals surface area (Å²) in [5, 5.41) is 8.56. The van der Waals surface area contributed by atoms with Crippen molar-refractivity contribution in [1.29, 1.82) is 5.26 Å². The zero-order valence-electron chi connectivity index (χ0n) is 8.87. The summed E-state index contributed by atoms with van der Waals surface area (Å²) in [7, 11) is 1.76. The molecule has 0 fully saturated rings. The van der Waals surface area contributed by atoms with Gasteiger partial charge in [-0.2, -0.15) is 5.26 Å². The van der Waals surface area contributed by atoms with Crippen molar-refractivity contribution < 1.29 is 4.39 Å². The highest BCUT2D eigenvalue weighted by atomic mass is 19.1. The summed E-state index contributed by atoms with van der Waals surface area (Å²) in [6.07, 6.45) is 0.361. The Labute approximate surface area is 88.9 Å². The Hall–Kier alpha value is -1.76. The lowest BCUT2D eigenvalue weighted by molar-refractivity contribution is 0.608. The molecule has 0 bridgehead atoms. The second-order valence-corrected chi connectivity index (χ2v) is 3.53. The van der Waals surface area contributed by atoms with Crippen molar-refractivity contribution in [2.75, 3.05) is 17.7 Å². The largest absolute Gasteiger partial charge is 0.399 e. The SMILES string of the molecule is CC(CC#N)N(C)c1ccc(N)cc1F. The van der Waals surface area contributed by atoms with Gasteiger partial charge >= 0.3 is 0 Å². The van der Waals surface area contributed by atoms with E-state index in [9.17, 15) is 4.39 Å². The molecule has 1 aromatic rings. The molecule has 0 aliphatic carbocycles. The summed E-state index contributed by atoms with van der Waals surface area (Å²) in [6.45, 7) is 1.87. The van der Waals surface area contributed by atoms with Crippen LogP contribution in [0.1, 0.15) is 13.3 Å². The Balaban J connectivity index is 2.91. The number of nitrogens with zero attached hydrogens (tertiary/aromatic N) is 2. The molecule has 0 amide bonds. The van der Waals surface area contributed by atoms with Crippen molar-refractivity contribution in [3.63, 3.8) is 0 Å². The molecule has 2 N–H and O–H groups in total. The molecule has 0 spiro atoms. The number of hydrogen-bond acceptors (Lipinski definition) is 3. The summed E-state index contributed by atoms with van der Waals surface area (Å²) in [5.41, 5.74) is 6.32. The maximum atomic E-state index is 13.5. The number of benzene rings is 1. The number of nitrogen functional groups attached to an aromatic ring is 1. The summed E-state index contributed by atoms with van der Waals surface area (Å²) < 4.78 is 13.5. The minimum atomic E-state index is -0.359. The first kappa shape index (κ1) is 11.3. The molecule has 4 heteroatoms. The quantitative estimate of drug-likeness (QED) is 0.772. The van der Waals surface area contributed by atoms with E-state index in [1.807, 2.05) is 6.92 Å². The van der Waals surface area contributed by atoms with Crippen molar-refractivity contribution in [1.82, 2.24) is 0 Å². The molecule has 1 unspecified atom stereocenters. The minimum absolute atomic E-state index is 0.0203. The van der Waals surface area contributed by atoms with Gasteiger partial charge in [0.1, 0.15) is 5.82 Å². The number of anilines is 2. The third-order valence-electron chi connectivity index (χ3n) is 2.40. The summed E-state index contributed by atoms with van der Waals surface area (Å²) in [6, 6.07) is 6.59. The first-order valence-corrected chi connectivity index (χ1v) is 4.71. The molecule has 0 radical (unpaired) electrons. The molecule has 3 nitrogen and oxygen atoms in total. The fourth-order valence-corrected chi connectivity index (χ4v) is 1.32. The molecule has 0 aliphatic heterocycles. The first-order valence-electron chi connectivity index (χ1n) is 4.71. The molecule has 0 saturated heterocycles. The van der Waals surface area contributed by atoms with E-state index < -0.39 is 0 Å². The lowest BCUT2D eigenvalue weighted by atomic mass is 10.2.